The van der Waals surface area contributed by atoms with Crippen molar-refractivity contribution in [2.24, 2.45) is 0 Å². The van der Waals surface area contributed by atoms with Crippen LogP contribution in [0.1, 0.15) is 23.0 Å². The van der Waals surface area contributed by atoms with E-state index in [9.17, 15) is 9.59 Å². The lowest BCUT2D eigenvalue weighted by molar-refractivity contribution is -0.120. The molecule has 4 N–H and O–H groups in total. The van der Waals surface area contributed by atoms with E-state index in [1.54, 1.807) is 0 Å². The minimum absolute atomic E-state index is 0.0777. The largest absolute Gasteiger partial charge is 0.397 e. The molecule has 2 aromatic rings. The molecule has 0 saturated heterocycles. The van der Waals surface area contributed by atoms with Crippen LogP contribution in [0.4, 0.5) is 5.69 Å². The van der Waals surface area contributed by atoms with E-state index in [2.05, 4.69) is 26.6 Å². The molecule has 5 nitrogen and oxygen atoms in total. The minimum atomic E-state index is -0.242. The van der Waals surface area contributed by atoms with E-state index in [4.69, 9.17) is 5.73 Å². The normalized spacial score (nSPS) is 10.6. The van der Waals surface area contributed by atoms with E-state index < -0.39 is 0 Å². The molecule has 1 heterocycles. The molecule has 0 saturated carbocycles. The van der Waals surface area contributed by atoms with E-state index >= 15 is 0 Å². The van der Waals surface area contributed by atoms with Crippen LogP contribution in [0.5, 0.6) is 0 Å². The SMILES string of the molecule is CCNC(=O)CCNC(=O)c1sc2cc(Br)ccc2c1N. The highest BCUT2D eigenvalue weighted by molar-refractivity contribution is 9.10. The first kappa shape index (κ1) is 15.8. The van der Waals surface area contributed by atoms with Gasteiger partial charge in [-0.15, -0.1) is 11.3 Å². The third kappa shape index (κ3) is 3.74. The maximum absolute atomic E-state index is 12.1. The molecule has 0 unspecified atom stereocenters. The Kier molecular flexibility index (Phi) is 5.19. The van der Waals surface area contributed by atoms with Crippen LogP contribution in [0, 0.1) is 0 Å². The molecule has 21 heavy (non-hydrogen) atoms. The molecule has 0 aliphatic carbocycles. The van der Waals surface area contributed by atoms with Crippen molar-refractivity contribution >= 4 is 54.9 Å². The van der Waals surface area contributed by atoms with Gasteiger partial charge in [-0.1, -0.05) is 22.0 Å². The van der Waals surface area contributed by atoms with Gasteiger partial charge < -0.3 is 16.4 Å². The van der Waals surface area contributed by atoms with Crippen molar-refractivity contribution in [2.75, 3.05) is 18.8 Å². The first-order valence-electron chi connectivity index (χ1n) is 6.55. The standard InChI is InChI=1S/C14H16BrN3O2S/c1-2-17-11(19)5-6-18-14(20)13-12(16)9-4-3-8(15)7-10(9)21-13/h3-4,7H,2,5-6,16H2,1H3,(H,17,19)(H,18,20). The van der Waals surface area contributed by atoms with Crippen molar-refractivity contribution in [2.45, 2.75) is 13.3 Å². The lowest BCUT2D eigenvalue weighted by atomic mass is 10.2. The average Bonchev–Trinajstić information content (AvgIpc) is 2.75. The number of carbonyl (C=O) groups is 2. The van der Waals surface area contributed by atoms with Gasteiger partial charge in [0.2, 0.25) is 5.91 Å². The summed E-state index contributed by atoms with van der Waals surface area (Å²) >= 11 is 4.74. The van der Waals surface area contributed by atoms with Crippen LogP contribution in [-0.2, 0) is 4.79 Å². The number of nitrogens with one attached hydrogen (secondary N) is 2. The smallest absolute Gasteiger partial charge is 0.263 e. The Bertz CT molecular complexity index is 684. The van der Waals surface area contributed by atoms with Gasteiger partial charge in [0.1, 0.15) is 4.88 Å². The van der Waals surface area contributed by atoms with Crippen molar-refractivity contribution in [1.29, 1.82) is 0 Å². The second kappa shape index (κ2) is 6.91. The van der Waals surface area contributed by atoms with Crippen molar-refractivity contribution in [3.63, 3.8) is 0 Å². The third-order valence-corrected chi connectivity index (χ3v) is 4.57. The zero-order valence-electron chi connectivity index (χ0n) is 11.5. The molecule has 7 heteroatoms. The van der Waals surface area contributed by atoms with Crippen LogP contribution < -0.4 is 16.4 Å². The average molecular weight is 370 g/mol. The molecular formula is C14H16BrN3O2S. The zero-order chi connectivity index (χ0) is 15.4. The van der Waals surface area contributed by atoms with Crippen LogP contribution in [0.25, 0.3) is 10.1 Å². The van der Waals surface area contributed by atoms with E-state index in [1.165, 1.54) is 11.3 Å². The molecule has 112 valence electrons. The second-order valence-electron chi connectivity index (χ2n) is 4.44. The summed E-state index contributed by atoms with van der Waals surface area (Å²) in [5, 5.41) is 6.28. The number of carbonyl (C=O) groups excluding carboxylic acids is 2. The second-order valence-corrected chi connectivity index (χ2v) is 6.41. The fourth-order valence-corrected chi connectivity index (χ4v) is 3.51. The summed E-state index contributed by atoms with van der Waals surface area (Å²) in [5.74, 6) is -0.319. The zero-order valence-corrected chi connectivity index (χ0v) is 13.9. The van der Waals surface area contributed by atoms with Crippen LogP contribution in [0.3, 0.4) is 0 Å². The molecule has 0 fully saturated rings. The molecule has 2 rings (SSSR count). The maximum atomic E-state index is 12.1. The molecule has 0 aliphatic rings. The molecular weight excluding hydrogens is 354 g/mol. The number of thiophene rings is 1. The number of fused-ring (bicyclic) bond motifs is 1. The monoisotopic (exact) mass is 369 g/mol. The summed E-state index contributed by atoms with van der Waals surface area (Å²) in [6.07, 6.45) is 0.260. The van der Waals surface area contributed by atoms with Crippen LogP contribution >= 0.6 is 27.3 Å². The Morgan fingerprint density at radius 1 is 1.33 bits per heavy atom. The Morgan fingerprint density at radius 3 is 2.81 bits per heavy atom. The number of hydrogen-bond donors (Lipinski definition) is 3. The number of rotatable bonds is 5. The highest BCUT2D eigenvalue weighted by Crippen LogP contribution is 2.35. The summed E-state index contributed by atoms with van der Waals surface area (Å²) in [7, 11) is 0. The Balaban J connectivity index is 2.06. The molecule has 0 spiro atoms. The summed E-state index contributed by atoms with van der Waals surface area (Å²) in [5.41, 5.74) is 6.51. The third-order valence-electron chi connectivity index (χ3n) is 2.91. The first-order valence-corrected chi connectivity index (χ1v) is 8.16. The topological polar surface area (TPSA) is 84.2 Å². The van der Waals surface area contributed by atoms with Crippen molar-refractivity contribution in [3.8, 4) is 0 Å². The minimum Gasteiger partial charge on any atom is -0.397 e. The maximum Gasteiger partial charge on any atom is 0.263 e. The first-order chi connectivity index (χ1) is 10.0. The molecule has 0 aliphatic heterocycles. The Labute approximate surface area is 135 Å². The molecule has 0 atom stereocenters. The van der Waals surface area contributed by atoms with Gasteiger partial charge in [0.15, 0.2) is 0 Å². The number of nitrogens with two attached hydrogens (primary N) is 1. The quantitative estimate of drug-likeness (QED) is 0.756. The van der Waals surface area contributed by atoms with Gasteiger partial charge in [0.25, 0.3) is 5.91 Å². The van der Waals surface area contributed by atoms with Gasteiger partial charge in [0.05, 0.1) is 5.69 Å². The van der Waals surface area contributed by atoms with Crippen LogP contribution in [0.15, 0.2) is 22.7 Å². The Morgan fingerprint density at radius 2 is 2.10 bits per heavy atom. The number of benzene rings is 1. The van der Waals surface area contributed by atoms with Gasteiger partial charge >= 0.3 is 0 Å². The summed E-state index contributed by atoms with van der Waals surface area (Å²) in [6.45, 7) is 2.74. The van der Waals surface area contributed by atoms with E-state index in [0.29, 0.717) is 23.7 Å². The predicted octanol–water partition coefficient (Wildman–Crippen LogP) is 2.50. The van der Waals surface area contributed by atoms with Crippen molar-refractivity contribution in [3.05, 3.63) is 27.5 Å². The molecule has 0 radical (unpaired) electrons. The fourth-order valence-electron chi connectivity index (χ4n) is 1.91. The van der Waals surface area contributed by atoms with Gasteiger partial charge in [-0.2, -0.15) is 0 Å². The summed E-state index contributed by atoms with van der Waals surface area (Å²) < 4.78 is 1.90. The number of anilines is 1. The number of halogens is 1. The lowest BCUT2D eigenvalue weighted by Gasteiger charge is -2.04. The van der Waals surface area contributed by atoms with Crippen LogP contribution in [0.2, 0.25) is 0 Å². The predicted molar refractivity (Wildman–Crippen MR) is 89.6 cm³/mol. The lowest BCUT2D eigenvalue weighted by Crippen LogP contribution is -2.30. The van der Waals surface area contributed by atoms with Crippen LogP contribution in [-0.4, -0.2) is 24.9 Å². The van der Waals surface area contributed by atoms with E-state index in [1.807, 2.05) is 25.1 Å². The Hall–Kier alpha value is -1.60. The van der Waals surface area contributed by atoms with Crippen molar-refractivity contribution in [1.82, 2.24) is 10.6 Å². The highest BCUT2D eigenvalue weighted by Gasteiger charge is 2.16. The van der Waals surface area contributed by atoms with Crippen molar-refractivity contribution < 1.29 is 9.59 Å². The van der Waals surface area contributed by atoms with E-state index in [0.717, 1.165) is 14.6 Å². The molecule has 2 amide bonds. The van der Waals surface area contributed by atoms with E-state index in [-0.39, 0.29) is 18.2 Å². The highest BCUT2D eigenvalue weighted by atomic mass is 79.9. The molecule has 1 aromatic heterocycles. The van der Waals surface area contributed by atoms with Gasteiger partial charge in [-0.05, 0) is 19.1 Å². The number of nitrogen functional groups attached to an aromatic ring is 1. The van der Waals surface area contributed by atoms with Gasteiger partial charge in [-0.3, -0.25) is 9.59 Å². The molecule has 0 bridgehead atoms. The summed E-state index contributed by atoms with van der Waals surface area (Å²) in [6, 6.07) is 5.71. The van der Waals surface area contributed by atoms with Gasteiger partial charge in [-0.25, -0.2) is 0 Å². The number of hydrogen-bond acceptors (Lipinski definition) is 4. The van der Waals surface area contributed by atoms with Gasteiger partial charge in [0, 0.05) is 34.1 Å². The summed E-state index contributed by atoms with van der Waals surface area (Å²) in [4.78, 5) is 23.9. The number of amides is 2. The molecule has 1 aromatic carbocycles. The fraction of sp³-hybridized carbons (Fsp3) is 0.286.